The van der Waals surface area contributed by atoms with Crippen molar-refractivity contribution in [1.82, 2.24) is 4.48 Å². The molecule has 1 aliphatic heterocycles. The van der Waals surface area contributed by atoms with E-state index in [2.05, 4.69) is 52.2 Å². The number of halogens is 1. The van der Waals surface area contributed by atoms with Crippen molar-refractivity contribution in [2.24, 2.45) is 0 Å². The van der Waals surface area contributed by atoms with Crippen LogP contribution in [0.15, 0.2) is 24.3 Å². The van der Waals surface area contributed by atoms with Gasteiger partial charge in [0.1, 0.15) is 5.69 Å². The van der Waals surface area contributed by atoms with Gasteiger partial charge in [-0.3, -0.25) is 4.48 Å². The summed E-state index contributed by atoms with van der Waals surface area (Å²) in [5.74, 6) is 0.737. The first-order valence-electron chi connectivity index (χ1n) is 5.52. The Hall–Kier alpha value is -0.0900. The molecule has 0 bridgehead atoms. The van der Waals surface area contributed by atoms with Gasteiger partial charge in [0.15, 0.2) is 0 Å². The summed E-state index contributed by atoms with van der Waals surface area (Å²) in [6, 6.07) is 9.61. The Morgan fingerprint density at radius 3 is 2.40 bits per heavy atom. The maximum atomic E-state index is 2.37. The highest BCUT2D eigenvalue weighted by molar-refractivity contribution is 5.57. The molecule has 15 heavy (non-hydrogen) atoms. The molecule has 2 rings (SSSR count). The second-order valence-corrected chi connectivity index (χ2v) is 4.85. The van der Waals surface area contributed by atoms with Crippen molar-refractivity contribution in [2.75, 3.05) is 14.1 Å². The fourth-order valence-electron chi connectivity index (χ4n) is 2.82. The Labute approximate surface area is 110 Å². The highest BCUT2D eigenvalue weighted by atomic mass is 127. The summed E-state index contributed by atoms with van der Waals surface area (Å²) >= 11 is 0. The number of hydrogen-bond acceptors (Lipinski definition) is 0. The van der Waals surface area contributed by atoms with Crippen molar-refractivity contribution in [3.05, 3.63) is 29.8 Å². The van der Waals surface area contributed by atoms with Crippen molar-refractivity contribution >= 4 is 5.69 Å². The van der Waals surface area contributed by atoms with Gasteiger partial charge in [-0.1, -0.05) is 25.1 Å². The van der Waals surface area contributed by atoms with Crippen molar-refractivity contribution in [3.63, 3.8) is 0 Å². The van der Waals surface area contributed by atoms with E-state index in [0.717, 1.165) is 10.4 Å². The summed E-state index contributed by atoms with van der Waals surface area (Å²) in [5.41, 5.74) is 3.07. The minimum absolute atomic E-state index is 0. The molecule has 1 aromatic rings. The first-order valence-corrected chi connectivity index (χ1v) is 5.52. The molecule has 0 radical (unpaired) electrons. The summed E-state index contributed by atoms with van der Waals surface area (Å²) in [5, 5.41) is 0. The third kappa shape index (κ3) is 1.82. The second-order valence-electron chi connectivity index (χ2n) is 4.85. The third-order valence-electron chi connectivity index (χ3n) is 4.00. The van der Waals surface area contributed by atoms with Crippen LogP contribution in [0.5, 0.6) is 0 Å². The summed E-state index contributed by atoms with van der Waals surface area (Å²) in [7, 11) is 4.64. The zero-order chi connectivity index (χ0) is 10.3. The van der Waals surface area contributed by atoms with Gasteiger partial charge in [-0.15, -0.1) is 0 Å². The summed E-state index contributed by atoms with van der Waals surface area (Å²) < 4.78 is 1.04. The van der Waals surface area contributed by atoms with Crippen LogP contribution < -0.4 is 28.5 Å². The molecule has 2 unspecified atom stereocenters. The van der Waals surface area contributed by atoms with Crippen LogP contribution in [-0.2, 0) is 0 Å². The first kappa shape index (κ1) is 13.0. The van der Waals surface area contributed by atoms with E-state index in [1.54, 1.807) is 5.56 Å². The first-order chi connectivity index (χ1) is 6.59. The van der Waals surface area contributed by atoms with E-state index in [9.17, 15) is 0 Å². The monoisotopic (exact) mass is 317 g/mol. The molecule has 2 heteroatoms. The van der Waals surface area contributed by atoms with Gasteiger partial charge in [0, 0.05) is 11.5 Å². The minimum atomic E-state index is 0. The molecule has 0 saturated heterocycles. The van der Waals surface area contributed by atoms with Crippen LogP contribution in [0.1, 0.15) is 31.7 Å². The van der Waals surface area contributed by atoms with Gasteiger partial charge >= 0.3 is 0 Å². The predicted molar refractivity (Wildman–Crippen MR) is 62.6 cm³/mol. The Kier molecular flexibility index (Phi) is 3.82. The lowest BCUT2D eigenvalue weighted by molar-refractivity contribution is -0.00000308. The average Bonchev–Trinajstić information content (AvgIpc) is 2.37. The van der Waals surface area contributed by atoms with E-state index in [1.807, 2.05) is 0 Å². The minimum Gasteiger partial charge on any atom is -1.00 e. The van der Waals surface area contributed by atoms with Crippen LogP contribution in [0.3, 0.4) is 0 Å². The zero-order valence-electron chi connectivity index (χ0n) is 10.00. The van der Waals surface area contributed by atoms with Crippen LogP contribution in [0.2, 0.25) is 0 Å². The fraction of sp³-hybridized carbons (Fsp3) is 0.538. The average molecular weight is 317 g/mol. The van der Waals surface area contributed by atoms with Crippen molar-refractivity contribution in [2.45, 2.75) is 32.2 Å². The number of hydrogen-bond donors (Lipinski definition) is 0. The molecular weight excluding hydrogens is 297 g/mol. The Morgan fingerprint density at radius 1 is 1.20 bits per heavy atom. The standard InChI is InChI=1S/C13H20N.HI/c1-5-11-10(2)14(3,4)13-9-7-6-8-12(11)13;/h6-11H,5H2,1-4H3;1H/q+1;/p-1. The summed E-state index contributed by atoms with van der Waals surface area (Å²) in [4.78, 5) is 0. The van der Waals surface area contributed by atoms with Crippen LogP contribution in [-0.4, -0.2) is 20.1 Å². The SMILES string of the molecule is CCC1c2ccccc2[N+](C)(C)C1C.[I-]. The lowest BCUT2D eigenvalue weighted by Crippen LogP contribution is -3.00. The molecular formula is C13H20IN. The van der Waals surface area contributed by atoms with Gasteiger partial charge in [-0.05, 0) is 19.4 Å². The number of quaternary nitrogens is 1. The maximum absolute atomic E-state index is 2.37. The van der Waals surface area contributed by atoms with Crippen LogP contribution >= 0.6 is 0 Å². The molecule has 0 fully saturated rings. The molecule has 0 aliphatic carbocycles. The van der Waals surface area contributed by atoms with Gasteiger partial charge < -0.3 is 24.0 Å². The quantitative estimate of drug-likeness (QED) is 0.511. The number of nitrogens with zero attached hydrogens (tertiary/aromatic N) is 1. The van der Waals surface area contributed by atoms with Crippen LogP contribution in [0.25, 0.3) is 0 Å². The second kappa shape index (κ2) is 4.42. The molecule has 0 saturated carbocycles. The van der Waals surface area contributed by atoms with Gasteiger partial charge in [0.2, 0.25) is 0 Å². The Bertz CT molecular complexity index is 346. The number of fused-ring (bicyclic) bond motifs is 1. The number of para-hydroxylation sites is 1. The van der Waals surface area contributed by atoms with E-state index < -0.39 is 0 Å². The third-order valence-corrected chi connectivity index (χ3v) is 4.00. The molecule has 84 valence electrons. The largest absolute Gasteiger partial charge is 1.00 e. The lowest BCUT2D eigenvalue weighted by atomic mass is 9.93. The van der Waals surface area contributed by atoms with E-state index in [0.29, 0.717) is 6.04 Å². The van der Waals surface area contributed by atoms with Crippen LogP contribution in [0, 0.1) is 0 Å². The zero-order valence-corrected chi connectivity index (χ0v) is 12.2. The lowest BCUT2D eigenvalue weighted by Gasteiger charge is -2.31. The van der Waals surface area contributed by atoms with Crippen molar-refractivity contribution in [1.29, 1.82) is 0 Å². The smallest absolute Gasteiger partial charge is 0.136 e. The molecule has 1 aromatic carbocycles. The fourth-order valence-corrected chi connectivity index (χ4v) is 2.82. The molecule has 0 amide bonds. The topological polar surface area (TPSA) is 0 Å². The molecule has 1 heterocycles. The number of benzene rings is 1. The van der Waals surface area contributed by atoms with Gasteiger partial charge in [-0.25, -0.2) is 0 Å². The highest BCUT2D eigenvalue weighted by Gasteiger charge is 2.43. The van der Waals surface area contributed by atoms with Gasteiger partial charge in [0.05, 0.1) is 20.1 Å². The molecule has 1 nitrogen and oxygen atoms in total. The van der Waals surface area contributed by atoms with E-state index >= 15 is 0 Å². The Morgan fingerprint density at radius 2 is 1.80 bits per heavy atom. The highest BCUT2D eigenvalue weighted by Crippen LogP contribution is 2.45. The molecule has 0 N–H and O–H groups in total. The van der Waals surface area contributed by atoms with Crippen LogP contribution in [0.4, 0.5) is 5.69 Å². The predicted octanol–water partition coefficient (Wildman–Crippen LogP) is 0.153. The molecule has 0 aromatic heterocycles. The normalized spacial score (nSPS) is 26.9. The van der Waals surface area contributed by atoms with E-state index in [-0.39, 0.29) is 24.0 Å². The number of likely N-dealkylation sites (N-methyl/N-ethyl adjacent to an activating group) is 1. The van der Waals surface area contributed by atoms with Gasteiger partial charge in [0.25, 0.3) is 0 Å². The number of rotatable bonds is 1. The van der Waals surface area contributed by atoms with Gasteiger partial charge in [-0.2, -0.15) is 0 Å². The summed E-state index contributed by atoms with van der Waals surface area (Å²) in [6.07, 6.45) is 1.25. The van der Waals surface area contributed by atoms with Crippen molar-refractivity contribution in [3.8, 4) is 0 Å². The molecule has 0 spiro atoms. The summed E-state index contributed by atoms with van der Waals surface area (Å²) in [6.45, 7) is 4.66. The van der Waals surface area contributed by atoms with Crippen molar-refractivity contribution < 1.29 is 24.0 Å². The van der Waals surface area contributed by atoms with E-state index in [1.165, 1.54) is 12.1 Å². The maximum Gasteiger partial charge on any atom is 0.136 e. The molecule has 2 atom stereocenters. The van der Waals surface area contributed by atoms with E-state index in [4.69, 9.17) is 0 Å². The Balaban J connectivity index is 0.00000112. The molecule has 1 aliphatic rings.